The largest absolute Gasteiger partial charge is 0.383 e. The van der Waals surface area contributed by atoms with Crippen molar-refractivity contribution < 1.29 is 4.39 Å². The quantitative estimate of drug-likeness (QED) is 0.617. The Bertz CT molecular complexity index is 826. The molecule has 2 heterocycles. The van der Waals surface area contributed by atoms with Crippen LogP contribution in [0, 0.1) is 5.82 Å². The maximum absolute atomic E-state index is 14.2. The zero-order chi connectivity index (χ0) is 15.1. The van der Waals surface area contributed by atoms with Crippen LogP contribution in [0.15, 0.2) is 37.9 Å². The number of hydrogen-bond donors (Lipinski definition) is 1. The van der Waals surface area contributed by atoms with E-state index in [2.05, 4.69) is 37.0 Å². The lowest BCUT2D eigenvalue weighted by Gasteiger charge is -2.05. The van der Waals surface area contributed by atoms with Crippen molar-refractivity contribution in [3.63, 3.8) is 0 Å². The summed E-state index contributed by atoms with van der Waals surface area (Å²) < 4.78 is 17.6. The first-order valence-electron chi connectivity index (χ1n) is 6.01. The Hall–Kier alpha value is -1.18. The van der Waals surface area contributed by atoms with Crippen molar-refractivity contribution in [2.75, 3.05) is 5.73 Å². The van der Waals surface area contributed by atoms with Gasteiger partial charge in [0, 0.05) is 18.2 Å². The van der Waals surface area contributed by atoms with Gasteiger partial charge in [-0.2, -0.15) is 5.10 Å². The zero-order valence-corrected chi connectivity index (χ0v) is 14.9. The molecule has 0 aliphatic rings. The van der Waals surface area contributed by atoms with Crippen molar-refractivity contribution in [3.05, 3.63) is 43.7 Å². The average molecular weight is 431 g/mol. The van der Waals surface area contributed by atoms with Gasteiger partial charge < -0.3 is 5.73 Å². The second-order valence-corrected chi connectivity index (χ2v) is 8.20. The number of anilines is 1. The number of nitrogens with two attached hydrogens (primary N) is 1. The van der Waals surface area contributed by atoms with Gasteiger partial charge in [-0.25, -0.2) is 4.39 Å². The Morgan fingerprint density at radius 2 is 1.95 bits per heavy atom. The van der Waals surface area contributed by atoms with E-state index in [-0.39, 0.29) is 5.82 Å². The average Bonchev–Trinajstić information content (AvgIpc) is 2.91. The lowest BCUT2D eigenvalue weighted by molar-refractivity contribution is 0.631. The van der Waals surface area contributed by atoms with E-state index in [0.717, 1.165) is 13.1 Å². The number of thiophene rings is 1. The number of rotatable bonds is 2. The first-order chi connectivity index (χ1) is 9.99. The van der Waals surface area contributed by atoms with Crippen molar-refractivity contribution in [1.82, 2.24) is 9.78 Å². The number of hydrogen-bond acceptors (Lipinski definition) is 3. The van der Waals surface area contributed by atoms with Gasteiger partial charge in [0.2, 0.25) is 0 Å². The number of nitrogens with zero attached hydrogens (tertiary/aromatic N) is 2. The van der Waals surface area contributed by atoms with Crippen LogP contribution in [0.2, 0.25) is 0 Å². The summed E-state index contributed by atoms with van der Waals surface area (Å²) in [6.45, 7) is 0. The molecular formula is C14H10Br2FN3S. The van der Waals surface area contributed by atoms with E-state index in [1.54, 1.807) is 29.9 Å². The van der Waals surface area contributed by atoms with E-state index in [0.29, 0.717) is 22.6 Å². The first-order valence-corrected chi connectivity index (χ1v) is 8.42. The molecule has 0 saturated carbocycles. The highest BCUT2D eigenvalue weighted by molar-refractivity contribution is 9.12. The van der Waals surface area contributed by atoms with Crippen LogP contribution in [-0.4, -0.2) is 9.78 Å². The summed E-state index contributed by atoms with van der Waals surface area (Å²) in [7, 11) is 1.75. The molecule has 7 heteroatoms. The fourth-order valence-electron chi connectivity index (χ4n) is 2.16. The van der Waals surface area contributed by atoms with Gasteiger partial charge in [0.15, 0.2) is 0 Å². The van der Waals surface area contributed by atoms with Crippen LogP contribution < -0.4 is 5.73 Å². The highest BCUT2D eigenvalue weighted by Gasteiger charge is 2.22. The summed E-state index contributed by atoms with van der Waals surface area (Å²) in [6, 6.07) is 8.52. The summed E-state index contributed by atoms with van der Waals surface area (Å²) in [6.07, 6.45) is 0. The summed E-state index contributed by atoms with van der Waals surface area (Å²) >= 11 is 8.50. The van der Waals surface area contributed by atoms with Crippen molar-refractivity contribution in [2.45, 2.75) is 0 Å². The predicted molar refractivity (Wildman–Crippen MR) is 91.7 cm³/mol. The van der Waals surface area contributed by atoms with Crippen LogP contribution in [0.1, 0.15) is 0 Å². The highest BCUT2D eigenvalue weighted by atomic mass is 79.9. The summed E-state index contributed by atoms with van der Waals surface area (Å²) in [5.41, 5.74) is 8.72. The van der Waals surface area contributed by atoms with E-state index in [1.807, 2.05) is 6.07 Å². The molecule has 0 aliphatic heterocycles. The minimum Gasteiger partial charge on any atom is -0.383 e. The third-order valence-corrected chi connectivity index (χ3v) is 5.49. The Kier molecular flexibility index (Phi) is 3.90. The summed E-state index contributed by atoms with van der Waals surface area (Å²) in [5.74, 6) is 0.119. The van der Waals surface area contributed by atoms with Gasteiger partial charge in [-0.05, 0) is 44.0 Å². The molecule has 3 aromatic rings. The molecule has 108 valence electrons. The number of halogens is 3. The normalized spacial score (nSPS) is 11.0. The third kappa shape index (κ3) is 2.54. The van der Waals surface area contributed by atoms with Gasteiger partial charge >= 0.3 is 0 Å². The standard InChI is InChI=1S/C14H10Br2FN3S/c1-20-14(18)11(7-4-2-3-5-9(7)17)12(19-20)8-6-10(15)21-13(8)16/h2-6H,18H2,1H3. The topological polar surface area (TPSA) is 43.8 Å². The molecule has 0 spiro atoms. The molecule has 3 rings (SSSR count). The van der Waals surface area contributed by atoms with Crippen LogP contribution in [0.3, 0.4) is 0 Å². The molecule has 1 aromatic carbocycles. The maximum Gasteiger partial charge on any atom is 0.131 e. The van der Waals surface area contributed by atoms with Gasteiger partial charge in [0.1, 0.15) is 17.3 Å². The molecule has 0 atom stereocenters. The van der Waals surface area contributed by atoms with Crippen molar-refractivity contribution in [3.8, 4) is 22.4 Å². The van der Waals surface area contributed by atoms with E-state index >= 15 is 0 Å². The summed E-state index contributed by atoms with van der Waals surface area (Å²) in [4.78, 5) is 0. The SMILES string of the molecule is Cn1nc(-c2cc(Br)sc2Br)c(-c2ccccc2F)c1N. The van der Waals surface area contributed by atoms with Crippen molar-refractivity contribution in [2.24, 2.45) is 7.05 Å². The third-order valence-electron chi connectivity index (χ3n) is 3.15. The predicted octanol–water partition coefficient (Wildman–Crippen LogP) is 5.06. The van der Waals surface area contributed by atoms with Gasteiger partial charge in [-0.3, -0.25) is 4.68 Å². The Morgan fingerprint density at radius 1 is 1.24 bits per heavy atom. The molecule has 21 heavy (non-hydrogen) atoms. The minimum atomic E-state index is -0.316. The fourth-order valence-corrected chi connectivity index (χ4v) is 4.96. The molecule has 0 saturated heterocycles. The van der Waals surface area contributed by atoms with Gasteiger partial charge in [0.05, 0.1) is 13.1 Å². The zero-order valence-electron chi connectivity index (χ0n) is 10.9. The fraction of sp³-hybridized carbons (Fsp3) is 0.0714. The Morgan fingerprint density at radius 3 is 2.57 bits per heavy atom. The van der Waals surface area contributed by atoms with Crippen LogP contribution in [0.5, 0.6) is 0 Å². The lowest BCUT2D eigenvalue weighted by Crippen LogP contribution is -1.98. The van der Waals surface area contributed by atoms with Gasteiger partial charge in [-0.15, -0.1) is 11.3 Å². The molecular weight excluding hydrogens is 421 g/mol. The molecule has 0 aliphatic carbocycles. The van der Waals surface area contributed by atoms with E-state index in [9.17, 15) is 4.39 Å². The van der Waals surface area contributed by atoms with Crippen LogP contribution in [0.25, 0.3) is 22.4 Å². The molecule has 0 fully saturated rings. The Balaban J connectivity index is 2.31. The highest BCUT2D eigenvalue weighted by Crippen LogP contribution is 2.44. The van der Waals surface area contributed by atoms with E-state index < -0.39 is 0 Å². The number of benzene rings is 1. The van der Waals surface area contributed by atoms with Crippen molar-refractivity contribution >= 4 is 49.0 Å². The summed E-state index contributed by atoms with van der Waals surface area (Å²) in [5, 5.41) is 4.45. The van der Waals surface area contributed by atoms with Crippen LogP contribution >= 0.6 is 43.2 Å². The molecule has 0 bridgehead atoms. The minimum absolute atomic E-state index is 0.316. The lowest BCUT2D eigenvalue weighted by atomic mass is 10.0. The Labute approximate surface area is 141 Å². The second kappa shape index (κ2) is 5.55. The van der Waals surface area contributed by atoms with E-state index in [1.165, 1.54) is 17.4 Å². The van der Waals surface area contributed by atoms with Crippen LogP contribution in [0.4, 0.5) is 10.2 Å². The number of aryl methyl sites for hydroxylation is 1. The smallest absolute Gasteiger partial charge is 0.131 e. The first kappa shape index (κ1) is 14.7. The molecule has 2 N–H and O–H groups in total. The van der Waals surface area contributed by atoms with Crippen molar-refractivity contribution in [1.29, 1.82) is 0 Å². The number of nitrogen functional groups attached to an aromatic ring is 1. The molecule has 3 nitrogen and oxygen atoms in total. The maximum atomic E-state index is 14.2. The molecule has 2 aromatic heterocycles. The monoisotopic (exact) mass is 429 g/mol. The number of aromatic nitrogens is 2. The van der Waals surface area contributed by atoms with Gasteiger partial charge in [0.25, 0.3) is 0 Å². The van der Waals surface area contributed by atoms with Crippen LogP contribution in [-0.2, 0) is 7.05 Å². The molecule has 0 unspecified atom stereocenters. The van der Waals surface area contributed by atoms with E-state index in [4.69, 9.17) is 5.73 Å². The van der Waals surface area contributed by atoms with Gasteiger partial charge in [-0.1, -0.05) is 18.2 Å². The molecule has 0 amide bonds. The molecule has 0 radical (unpaired) electrons. The second-order valence-electron chi connectivity index (χ2n) is 4.45.